The summed E-state index contributed by atoms with van der Waals surface area (Å²) >= 11 is 1.30. The Balaban J connectivity index is 2.05. The minimum Gasteiger partial charge on any atom is -0.382 e. The number of amides is 1. The fourth-order valence-corrected chi connectivity index (χ4v) is 3.07. The molecule has 1 saturated heterocycles. The summed E-state index contributed by atoms with van der Waals surface area (Å²) in [5, 5.41) is 3.50. The van der Waals surface area contributed by atoms with E-state index in [-0.39, 0.29) is 17.8 Å². The number of aromatic nitrogens is 1. The van der Waals surface area contributed by atoms with E-state index in [2.05, 4.69) is 21.1 Å². The van der Waals surface area contributed by atoms with Crippen molar-refractivity contribution in [2.24, 2.45) is 5.73 Å². The first kappa shape index (κ1) is 14.6. The molecule has 0 aliphatic carbocycles. The molecule has 0 radical (unpaired) electrons. The predicted octanol–water partition coefficient (Wildman–Crippen LogP) is 0.406. The van der Waals surface area contributed by atoms with Crippen molar-refractivity contribution in [3.63, 3.8) is 0 Å². The summed E-state index contributed by atoms with van der Waals surface area (Å²) in [4.78, 5) is 18.8. The van der Waals surface area contributed by atoms with Gasteiger partial charge < -0.3 is 21.7 Å². The maximum absolute atomic E-state index is 12.0. The number of terminal acetylenes is 1. The molecule has 108 valence electrons. The molecule has 1 aliphatic rings. The van der Waals surface area contributed by atoms with E-state index >= 15 is 0 Å². The zero-order chi connectivity index (χ0) is 14.5. The molecule has 20 heavy (non-hydrogen) atoms. The number of carbonyl (C=O) groups is 1. The van der Waals surface area contributed by atoms with Gasteiger partial charge in [-0.1, -0.05) is 11.3 Å². The number of hydrogen-bond donors (Lipinski definition) is 3. The Morgan fingerprint density at radius 3 is 3.15 bits per heavy atom. The van der Waals surface area contributed by atoms with E-state index in [1.807, 2.05) is 0 Å². The van der Waals surface area contributed by atoms with Crippen LogP contribution in [0.5, 0.6) is 0 Å². The van der Waals surface area contributed by atoms with Crippen molar-refractivity contribution in [2.75, 3.05) is 30.3 Å². The smallest absolute Gasteiger partial charge is 0.265 e. The number of nitrogens with two attached hydrogens (primary N) is 2. The van der Waals surface area contributed by atoms with E-state index in [1.165, 1.54) is 11.3 Å². The largest absolute Gasteiger partial charge is 0.382 e. The molecule has 5 N–H and O–H groups in total. The zero-order valence-electron chi connectivity index (χ0n) is 11.3. The number of piperidine rings is 1. The van der Waals surface area contributed by atoms with Gasteiger partial charge in [0.15, 0.2) is 5.13 Å². The van der Waals surface area contributed by atoms with Crippen LogP contribution in [0.4, 0.5) is 10.9 Å². The minimum absolute atomic E-state index is 0.154. The Morgan fingerprint density at radius 1 is 1.65 bits per heavy atom. The number of nitrogen functional groups attached to an aromatic ring is 1. The van der Waals surface area contributed by atoms with Crippen molar-refractivity contribution in [3.05, 3.63) is 4.88 Å². The van der Waals surface area contributed by atoms with E-state index in [0.29, 0.717) is 17.8 Å². The third-order valence-electron chi connectivity index (χ3n) is 3.13. The first-order chi connectivity index (χ1) is 9.61. The lowest BCUT2D eigenvalue weighted by Gasteiger charge is -2.30. The second kappa shape index (κ2) is 6.59. The highest BCUT2D eigenvalue weighted by Crippen LogP contribution is 2.29. The molecule has 1 fully saturated rings. The van der Waals surface area contributed by atoms with Gasteiger partial charge in [-0.05, 0) is 12.8 Å². The molecule has 0 aromatic carbocycles. The normalized spacial score (nSPS) is 18.6. The van der Waals surface area contributed by atoms with Crippen LogP contribution >= 0.6 is 11.3 Å². The summed E-state index contributed by atoms with van der Waals surface area (Å²) in [6.07, 6.45) is 7.70. The van der Waals surface area contributed by atoms with E-state index in [9.17, 15) is 4.79 Å². The number of anilines is 2. The van der Waals surface area contributed by atoms with Gasteiger partial charge >= 0.3 is 0 Å². The van der Waals surface area contributed by atoms with Gasteiger partial charge in [-0.25, -0.2) is 4.98 Å². The molecule has 6 nitrogen and oxygen atoms in total. The maximum Gasteiger partial charge on any atom is 0.265 e. The van der Waals surface area contributed by atoms with Crippen molar-refractivity contribution >= 4 is 28.2 Å². The molecular formula is C13H19N5OS. The molecule has 2 heterocycles. The van der Waals surface area contributed by atoms with Crippen molar-refractivity contribution in [1.82, 2.24) is 10.3 Å². The van der Waals surface area contributed by atoms with Crippen LogP contribution in [0.1, 0.15) is 28.9 Å². The van der Waals surface area contributed by atoms with Crippen LogP contribution in [0.15, 0.2) is 0 Å². The minimum atomic E-state index is -0.220. The van der Waals surface area contributed by atoms with Crippen molar-refractivity contribution in [1.29, 1.82) is 0 Å². The van der Waals surface area contributed by atoms with E-state index in [1.54, 1.807) is 0 Å². The molecule has 7 heteroatoms. The van der Waals surface area contributed by atoms with Gasteiger partial charge in [0.05, 0.1) is 0 Å². The first-order valence-corrected chi connectivity index (χ1v) is 7.42. The van der Waals surface area contributed by atoms with Crippen LogP contribution in [-0.4, -0.2) is 36.6 Å². The summed E-state index contributed by atoms with van der Waals surface area (Å²) < 4.78 is 0. The highest BCUT2D eigenvalue weighted by atomic mass is 32.1. The fraction of sp³-hybridized carbons (Fsp3) is 0.538. The van der Waals surface area contributed by atoms with Crippen LogP contribution in [0.2, 0.25) is 0 Å². The van der Waals surface area contributed by atoms with Crippen molar-refractivity contribution in [2.45, 2.75) is 25.3 Å². The number of carbonyl (C=O) groups excluding carboxylic acids is 1. The molecule has 2 rings (SSSR count). The Bertz CT molecular complexity index is 521. The van der Waals surface area contributed by atoms with E-state index in [4.69, 9.17) is 17.9 Å². The molecule has 0 spiro atoms. The summed E-state index contributed by atoms with van der Waals surface area (Å²) in [5.41, 5.74) is 11.8. The SMILES string of the molecule is C#CCCNC(=O)c1sc(N2CCCC(N)C2)nc1N. The molecule has 1 unspecified atom stereocenters. The zero-order valence-corrected chi connectivity index (χ0v) is 12.1. The molecule has 1 amide bonds. The number of nitrogens with zero attached hydrogens (tertiary/aromatic N) is 2. The Hall–Kier alpha value is -1.78. The molecule has 1 aromatic heterocycles. The van der Waals surface area contributed by atoms with Gasteiger partial charge in [0.2, 0.25) is 0 Å². The molecule has 0 saturated carbocycles. The van der Waals surface area contributed by atoms with Crippen molar-refractivity contribution < 1.29 is 4.79 Å². The molecule has 1 aromatic rings. The van der Waals surface area contributed by atoms with Gasteiger partial charge in [-0.15, -0.1) is 12.3 Å². The van der Waals surface area contributed by atoms with Gasteiger partial charge in [0, 0.05) is 32.1 Å². The standard InChI is InChI=1S/C13H19N5OS/c1-2-3-6-16-12(19)10-11(15)17-13(20-10)18-7-4-5-9(14)8-18/h1,9H,3-8,14-15H2,(H,16,19). The second-order valence-electron chi connectivity index (χ2n) is 4.77. The average Bonchev–Trinajstić information content (AvgIpc) is 2.81. The van der Waals surface area contributed by atoms with Crippen LogP contribution < -0.4 is 21.7 Å². The van der Waals surface area contributed by atoms with Crippen LogP contribution in [0.3, 0.4) is 0 Å². The van der Waals surface area contributed by atoms with Gasteiger partial charge in [0.1, 0.15) is 10.7 Å². The quantitative estimate of drug-likeness (QED) is 0.552. The average molecular weight is 293 g/mol. The highest BCUT2D eigenvalue weighted by Gasteiger charge is 2.23. The molecular weight excluding hydrogens is 274 g/mol. The Kier molecular flexibility index (Phi) is 4.82. The predicted molar refractivity (Wildman–Crippen MR) is 81.7 cm³/mol. The molecule has 1 atom stereocenters. The Morgan fingerprint density at radius 2 is 2.45 bits per heavy atom. The summed E-state index contributed by atoms with van der Waals surface area (Å²) in [5.74, 6) is 2.52. The first-order valence-electron chi connectivity index (χ1n) is 6.60. The summed E-state index contributed by atoms with van der Waals surface area (Å²) in [6, 6.07) is 0.154. The lowest BCUT2D eigenvalue weighted by atomic mass is 10.1. The molecule has 0 bridgehead atoms. The lowest BCUT2D eigenvalue weighted by Crippen LogP contribution is -2.42. The summed E-state index contributed by atoms with van der Waals surface area (Å²) in [7, 11) is 0. The van der Waals surface area contributed by atoms with Gasteiger partial charge in [-0.2, -0.15) is 0 Å². The number of rotatable bonds is 4. The number of nitrogens with one attached hydrogen (secondary N) is 1. The van der Waals surface area contributed by atoms with Crippen molar-refractivity contribution in [3.8, 4) is 12.3 Å². The third kappa shape index (κ3) is 3.40. The number of thiazole rings is 1. The number of hydrogen-bond acceptors (Lipinski definition) is 6. The maximum atomic E-state index is 12.0. The topological polar surface area (TPSA) is 97.3 Å². The van der Waals surface area contributed by atoms with Gasteiger partial charge in [-0.3, -0.25) is 4.79 Å². The van der Waals surface area contributed by atoms with E-state index < -0.39 is 0 Å². The second-order valence-corrected chi connectivity index (χ2v) is 5.75. The Labute approximate surface area is 122 Å². The highest BCUT2D eigenvalue weighted by molar-refractivity contribution is 7.18. The fourth-order valence-electron chi connectivity index (χ4n) is 2.13. The van der Waals surface area contributed by atoms with E-state index in [0.717, 1.165) is 31.1 Å². The third-order valence-corrected chi connectivity index (χ3v) is 4.26. The van der Waals surface area contributed by atoms with Crippen LogP contribution in [-0.2, 0) is 0 Å². The molecule has 1 aliphatic heterocycles. The van der Waals surface area contributed by atoms with Crippen LogP contribution in [0.25, 0.3) is 0 Å². The van der Waals surface area contributed by atoms with Crippen LogP contribution in [0, 0.1) is 12.3 Å². The van der Waals surface area contributed by atoms with Gasteiger partial charge in [0.25, 0.3) is 5.91 Å². The lowest BCUT2D eigenvalue weighted by molar-refractivity contribution is 0.0959. The monoisotopic (exact) mass is 293 g/mol. The summed E-state index contributed by atoms with van der Waals surface area (Å²) in [6.45, 7) is 2.10.